The van der Waals surface area contributed by atoms with E-state index < -0.39 is 0 Å². The first kappa shape index (κ1) is 14.6. The Labute approximate surface area is 120 Å². The summed E-state index contributed by atoms with van der Waals surface area (Å²) in [4.78, 5) is 11.9. The molecule has 1 aromatic rings. The molecular formula is C17H22O3. The number of rotatable bonds is 6. The predicted molar refractivity (Wildman–Crippen MR) is 79.6 cm³/mol. The summed E-state index contributed by atoms with van der Waals surface area (Å²) < 4.78 is 10.7. The molecular weight excluding hydrogens is 252 g/mol. The van der Waals surface area contributed by atoms with E-state index in [9.17, 15) is 4.79 Å². The number of carbonyl (C=O) groups is 1. The molecule has 0 N–H and O–H groups in total. The molecule has 3 nitrogen and oxygen atoms in total. The van der Waals surface area contributed by atoms with Crippen LogP contribution >= 0.6 is 0 Å². The van der Waals surface area contributed by atoms with Gasteiger partial charge >= 0.3 is 5.97 Å². The second kappa shape index (κ2) is 6.60. The van der Waals surface area contributed by atoms with Crippen LogP contribution in [0.2, 0.25) is 0 Å². The Morgan fingerprint density at radius 2 is 2.05 bits per heavy atom. The van der Waals surface area contributed by atoms with Crippen LogP contribution in [-0.4, -0.2) is 19.2 Å². The Morgan fingerprint density at radius 1 is 1.30 bits per heavy atom. The van der Waals surface area contributed by atoms with Gasteiger partial charge in [-0.2, -0.15) is 0 Å². The van der Waals surface area contributed by atoms with Gasteiger partial charge in [0.1, 0.15) is 11.9 Å². The number of unbranched alkanes of at least 4 members (excludes halogenated alkanes) is 1. The minimum atomic E-state index is -0.172. The number of hydrogen-bond donors (Lipinski definition) is 0. The zero-order chi connectivity index (χ0) is 14.5. The molecule has 0 aliphatic carbocycles. The third kappa shape index (κ3) is 2.72. The van der Waals surface area contributed by atoms with E-state index in [1.54, 1.807) is 7.11 Å². The average molecular weight is 274 g/mol. The molecule has 1 aliphatic heterocycles. The number of esters is 1. The van der Waals surface area contributed by atoms with Gasteiger partial charge in [0.05, 0.1) is 12.7 Å². The van der Waals surface area contributed by atoms with Crippen LogP contribution < -0.4 is 4.74 Å². The first-order valence-electron chi connectivity index (χ1n) is 7.30. The Morgan fingerprint density at radius 3 is 2.65 bits per heavy atom. The average Bonchev–Trinajstić information content (AvgIpc) is 2.48. The lowest BCUT2D eigenvalue weighted by atomic mass is 9.88. The maximum atomic E-state index is 11.9. The summed E-state index contributed by atoms with van der Waals surface area (Å²) in [6.07, 6.45) is 3.81. The van der Waals surface area contributed by atoms with E-state index in [4.69, 9.17) is 9.47 Å². The number of methoxy groups -OCH3 is 1. The maximum absolute atomic E-state index is 11.9. The van der Waals surface area contributed by atoms with Crippen molar-refractivity contribution in [3.8, 4) is 5.75 Å². The Hall–Kier alpha value is -1.77. The molecule has 0 aromatic heterocycles. The Bertz CT molecular complexity index is 517. The molecule has 0 saturated carbocycles. The second-order valence-electron chi connectivity index (χ2n) is 5.00. The number of para-hydroxylation sites is 1. The molecule has 0 amide bonds. The number of hydrogen-bond acceptors (Lipinski definition) is 3. The first-order chi connectivity index (χ1) is 9.72. The number of allylic oxidation sites excluding steroid dienone is 1. The van der Waals surface area contributed by atoms with Crippen molar-refractivity contribution in [2.45, 2.75) is 45.6 Å². The zero-order valence-corrected chi connectivity index (χ0v) is 12.4. The Kier molecular flexibility index (Phi) is 4.83. The lowest BCUT2D eigenvalue weighted by molar-refractivity contribution is -0.155. The predicted octanol–water partition coefficient (Wildman–Crippen LogP) is 3.97. The van der Waals surface area contributed by atoms with Crippen molar-refractivity contribution in [1.29, 1.82) is 0 Å². The third-order valence-electron chi connectivity index (χ3n) is 3.70. The molecule has 3 heteroatoms. The van der Waals surface area contributed by atoms with Gasteiger partial charge in [-0.3, -0.25) is 0 Å². The van der Waals surface area contributed by atoms with Gasteiger partial charge in [0.15, 0.2) is 0 Å². The lowest BCUT2D eigenvalue weighted by Gasteiger charge is -2.31. The van der Waals surface area contributed by atoms with Crippen LogP contribution in [0.15, 0.2) is 29.8 Å². The molecule has 0 spiro atoms. The summed E-state index contributed by atoms with van der Waals surface area (Å²) in [5.41, 5.74) is 2.95. The van der Waals surface area contributed by atoms with Gasteiger partial charge in [-0.05, 0) is 30.9 Å². The van der Waals surface area contributed by atoms with Gasteiger partial charge in [0.25, 0.3) is 0 Å². The van der Waals surface area contributed by atoms with Crippen molar-refractivity contribution in [2.24, 2.45) is 0 Å². The summed E-state index contributed by atoms with van der Waals surface area (Å²) >= 11 is 0. The highest BCUT2D eigenvalue weighted by Gasteiger charge is 2.37. The normalized spacial score (nSPS) is 20.1. The largest absolute Gasteiger partial charge is 0.496 e. The fourth-order valence-electron chi connectivity index (χ4n) is 2.59. The third-order valence-corrected chi connectivity index (χ3v) is 3.70. The lowest BCUT2D eigenvalue weighted by Crippen LogP contribution is -2.37. The van der Waals surface area contributed by atoms with Crippen molar-refractivity contribution in [2.75, 3.05) is 7.11 Å². The monoisotopic (exact) mass is 274 g/mol. The topological polar surface area (TPSA) is 35.5 Å². The molecule has 1 fully saturated rings. The molecule has 1 heterocycles. The highest BCUT2D eigenvalue weighted by Crippen LogP contribution is 2.38. The van der Waals surface area contributed by atoms with E-state index in [1.807, 2.05) is 31.2 Å². The van der Waals surface area contributed by atoms with Crippen LogP contribution in [0.25, 0.3) is 5.57 Å². The van der Waals surface area contributed by atoms with Crippen molar-refractivity contribution < 1.29 is 14.3 Å². The van der Waals surface area contributed by atoms with Gasteiger partial charge in [0.2, 0.25) is 0 Å². The van der Waals surface area contributed by atoms with Gasteiger partial charge in [-0.1, -0.05) is 38.5 Å². The zero-order valence-electron chi connectivity index (χ0n) is 12.4. The van der Waals surface area contributed by atoms with Crippen LogP contribution in [0.1, 0.15) is 45.1 Å². The van der Waals surface area contributed by atoms with E-state index in [0.717, 1.165) is 48.1 Å². The fourth-order valence-corrected chi connectivity index (χ4v) is 2.59. The second-order valence-corrected chi connectivity index (χ2v) is 5.00. The smallest absolute Gasteiger partial charge is 0.338 e. The molecule has 1 aromatic carbocycles. The molecule has 108 valence electrons. The standard InChI is InChI=1S/C17H22O3/c1-4-6-9-13(16-14(5-2)20-17(16)18)12-10-7-8-11-15(12)19-3/h7-8,10-11,14H,4-6,9H2,1-3H3/b16-13-. The van der Waals surface area contributed by atoms with Gasteiger partial charge in [0, 0.05) is 5.56 Å². The summed E-state index contributed by atoms with van der Waals surface area (Å²) in [5, 5.41) is 0. The molecule has 1 aliphatic rings. The summed E-state index contributed by atoms with van der Waals surface area (Å²) in [7, 11) is 1.66. The van der Waals surface area contributed by atoms with Crippen molar-refractivity contribution in [1.82, 2.24) is 0 Å². The van der Waals surface area contributed by atoms with Crippen LogP contribution in [0.5, 0.6) is 5.75 Å². The van der Waals surface area contributed by atoms with Gasteiger partial charge < -0.3 is 9.47 Å². The number of carbonyl (C=O) groups excluding carboxylic acids is 1. The van der Waals surface area contributed by atoms with Gasteiger partial charge in [-0.15, -0.1) is 0 Å². The number of cyclic esters (lactones) is 1. The van der Waals surface area contributed by atoms with Crippen molar-refractivity contribution in [3.63, 3.8) is 0 Å². The summed E-state index contributed by atoms with van der Waals surface area (Å²) in [6, 6.07) is 7.89. The molecule has 0 radical (unpaired) electrons. The van der Waals surface area contributed by atoms with Crippen molar-refractivity contribution in [3.05, 3.63) is 35.4 Å². The maximum Gasteiger partial charge on any atom is 0.338 e. The molecule has 1 atom stereocenters. The number of benzene rings is 1. The van der Waals surface area contributed by atoms with Crippen LogP contribution in [0, 0.1) is 0 Å². The molecule has 2 rings (SSSR count). The van der Waals surface area contributed by atoms with Gasteiger partial charge in [-0.25, -0.2) is 4.79 Å². The van der Waals surface area contributed by atoms with E-state index in [2.05, 4.69) is 6.92 Å². The minimum absolute atomic E-state index is 0.0562. The molecule has 0 bridgehead atoms. The Balaban J connectivity index is 2.47. The quantitative estimate of drug-likeness (QED) is 0.581. The highest BCUT2D eigenvalue weighted by atomic mass is 16.6. The summed E-state index contributed by atoms with van der Waals surface area (Å²) in [6.45, 7) is 4.19. The van der Waals surface area contributed by atoms with E-state index in [1.165, 1.54) is 0 Å². The van der Waals surface area contributed by atoms with E-state index in [0.29, 0.717) is 0 Å². The summed E-state index contributed by atoms with van der Waals surface area (Å²) in [5.74, 6) is 0.648. The molecule has 20 heavy (non-hydrogen) atoms. The fraction of sp³-hybridized carbons (Fsp3) is 0.471. The minimum Gasteiger partial charge on any atom is -0.496 e. The molecule has 1 saturated heterocycles. The molecule has 1 unspecified atom stereocenters. The van der Waals surface area contributed by atoms with E-state index >= 15 is 0 Å². The van der Waals surface area contributed by atoms with Crippen LogP contribution in [-0.2, 0) is 9.53 Å². The SMILES string of the molecule is CCCC/C(=C1/C(=O)OC1CC)c1ccccc1OC. The highest BCUT2D eigenvalue weighted by molar-refractivity contribution is 6.04. The first-order valence-corrected chi connectivity index (χ1v) is 7.30. The van der Waals surface area contributed by atoms with Crippen LogP contribution in [0.3, 0.4) is 0 Å². The van der Waals surface area contributed by atoms with Crippen LogP contribution in [0.4, 0.5) is 0 Å². The van der Waals surface area contributed by atoms with E-state index in [-0.39, 0.29) is 12.1 Å². The number of ether oxygens (including phenoxy) is 2. The van der Waals surface area contributed by atoms with Crippen molar-refractivity contribution >= 4 is 11.5 Å².